The molecule has 2 amide bonds. The van der Waals surface area contributed by atoms with E-state index in [1.807, 2.05) is 18.2 Å². The van der Waals surface area contributed by atoms with Crippen molar-refractivity contribution in [3.63, 3.8) is 0 Å². The minimum Gasteiger partial charge on any atom is -0.492 e. The molecule has 0 saturated heterocycles. The second-order valence-electron chi connectivity index (χ2n) is 3.96. The number of hydrogen-bond acceptors (Lipinski definition) is 4. The molecule has 0 heterocycles. The third-order valence-electron chi connectivity index (χ3n) is 2.42. The van der Waals surface area contributed by atoms with Crippen molar-refractivity contribution >= 4 is 12.0 Å². The van der Waals surface area contributed by atoms with Crippen molar-refractivity contribution in [1.29, 1.82) is 0 Å². The molecule has 7 heteroatoms. The number of carboxylic acid groups (broad SMARTS) is 1. The minimum absolute atomic E-state index is 0.0384. The first kappa shape index (κ1) is 15.8. The summed E-state index contributed by atoms with van der Waals surface area (Å²) in [4.78, 5) is 22.2. The molecule has 0 fully saturated rings. The van der Waals surface area contributed by atoms with Gasteiger partial charge in [-0.3, -0.25) is 0 Å². The lowest BCUT2D eigenvalue weighted by Gasteiger charge is -2.14. The molecule has 1 unspecified atom stereocenters. The number of carboxylic acids is 1. The number of ether oxygens (including phenoxy) is 1. The van der Waals surface area contributed by atoms with E-state index in [2.05, 4.69) is 10.6 Å². The molecule has 4 N–H and O–H groups in total. The largest absolute Gasteiger partial charge is 0.492 e. The van der Waals surface area contributed by atoms with E-state index in [9.17, 15) is 9.59 Å². The Bertz CT molecular complexity index is 424. The van der Waals surface area contributed by atoms with Gasteiger partial charge in [-0.2, -0.15) is 0 Å². The first-order chi connectivity index (χ1) is 9.63. The molecule has 0 aliphatic rings. The number of rotatable bonds is 8. The van der Waals surface area contributed by atoms with Gasteiger partial charge in [0.2, 0.25) is 0 Å². The molecule has 7 nitrogen and oxygen atoms in total. The van der Waals surface area contributed by atoms with Crippen molar-refractivity contribution in [2.24, 2.45) is 0 Å². The summed E-state index contributed by atoms with van der Waals surface area (Å²) >= 11 is 0. The van der Waals surface area contributed by atoms with Crippen LogP contribution in [-0.2, 0) is 4.79 Å². The van der Waals surface area contributed by atoms with E-state index < -0.39 is 18.0 Å². The van der Waals surface area contributed by atoms with E-state index in [4.69, 9.17) is 14.9 Å². The Morgan fingerprint density at radius 1 is 1.25 bits per heavy atom. The van der Waals surface area contributed by atoms with E-state index in [0.29, 0.717) is 5.75 Å². The van der Waals surface area contributed by atoms with Crippen molar-refractivity contribution in [3.05, 3.63) is 30.3 Å². The van der Waals surface area contributed by atoms with Crippen molar-refractivity contribution < 1.29 is 24.5 Å². The maximum atomic E-state index is 11.4. The van der Waals surface area contributed by atoms with Gasteiger partial charge in [0.05, 0.1) is 6.54 Å². The summed E-state index contributed by atoms with van der Waals surface area (Å²) < 4.78 is 5.36. The highest BCUT2D eigenvalue weighted by Crippen LogP contribution is 2.07. The molecule has 0 radical (unpaired) electrons. The van der Waals surface area contributed by atoms with Crippen molar-refractivity contribution in [2.45, 2.75) is 12.5 Å². The molecule has 0 saturated carbocycles. The predicted molar refractivity (Wildman–Crippen MR) is 71.6 cm³/mol. The summed E-state index contributed by atoms with van der Waals surface area (Å²) in [5.74, 6) is -0.492. The van der Waals surface area contributed by atoms with Gasteiger partial charge in [-0.1, -0.05) is 18.2 Å². The van der Waals surface area contributed by atoms with Gasteiger partial charge in [0.1, 0.15) is 18.4 Å². The molecule has 0 aliphatic carbocycles. The molecular formula is C13H18N2O5. The highest BCUT2D eigenvalue weighted by Gasteiger charge is 2.18. The number of amides is 2. The van der Waals surface area contributed by atoms with E-state index in [0.717, 1.165) is 0 Å². The average Bonchev–Trinajstić information content (AvgIpc) is 2.44. The van der Waals surface area contributed by atoms with Crippen LogP contribution in [0.25, 0.3) is 0 Å². The van der Waals surface area contributed by atoms with Gasteiger partial charge in [0, 0.05) is 13.0 Å². The summed E-state index contributed by atoms with van der Waals surface area (Å²) in [5, 5.41) is 22.2. The fourth-order valence-corrected chi connectivity index (χ4v) is 1.45. The van der Waals surface area contributed by atoms with Crippen LogP contribution in [0.5, 0.6) is 5.75 Å². The van der Waals surface area contributed by atoms with Gasteiger partial charge < -0.3 is 25.6 Å². The molecule has 0 spiro atoms. The van der Waals surface area contributed by atoms with E-state index >= 15 is 0 Å². The summed E-state index contributed by atoms with van der Waals surface area (Å²) in [6.07, 6.45) is -0.0384. The second-order valence-corrected chi connectivity index (χ2v) is 3.96. The molecule has 1 aromatic rings. The number of hydrogen-bond donors (Lipinski definition) is 4. The number of aliphatic hydroxyl groups is 1. The number of urea groups is 1. The van der Waals surface area contributed by atoms with Crippen LogP contribution < -0.4 is 15.4 Å². The summed E-state index contributed by atoms with van der Waals surface area (Å²) in [6, 6.07) is 7.41. The lowest BCUT2D eigenvalue weighted by Crippen LogP contribution is -2.47. The number of carbonyl (C=O) groups is 2. The van der Waals surface area contributed by atoms with Gasteiger partial charge in [-0.05, 0) is 12.1 Å². The van der Waals surface area contributed by atoms with E-state index in [1.54, 1.807) is 12.1 Å². The lowest BCUT2D eigenvalue weighted by atomic mass is 10.2. The Morgan fingerprint density at radius 2 is 1.95 bits per heavy atom. The van der Waals surface area contributed by atoms with Crippen molar-refractivity contribution in [1.82, 2.24) is 10.6 Å². The predicted octanol–water partition coefficient (Wildman–Crippen LogP) is 0.200. The maximum absolute atomic E-state index is 11.4. The highest BCUT2D eigenvalue weighted by molar-refractivity contribution is 5.82. The zero-order chi connectivity index (χ0) is 14.8. The Balaban J connectivity index is 2.21. The third-order valence-corrected chi connectivity index (χ3v) is 2.42. The minimum atomic E-state index is -1.19. The van der Waals surface area contributed by atoms with Crippen LogP contribution in [0.3, 0.4) is 0 Å². The molecule has 20 heavy (non-hydrogen) atoms. The first-order valence-corrected chi connectivity index (χ1v) is 6.19. The van der Waals surface area contributed by atoms with Gasteiger partial charge in [-0.15, -0.1) is 0 Å². The van der Waals surface area contributed by atoms with E-state index in [1.165, 1.54) is 0 Å². The van der Waals surface area contributed by atoms with Crippen LogP contribution in [-0.4, -0.2) is 48.0 Å². The lowest BCUT2D eigenvalue weighted by molar-refractivity contribution is -0.139. The highest BCUT2D eigenvalue weighted by atomic mass is 16.5. The average molecular weight is 282 g/mol. The molecule has 0 aromatic heterocycles. The molecule has 1 aromatic carbocycles. The quantitative estimate of drug-likeness (QED) is 0.509. The molecule has 0 bridgehead atoms. The topological polar surface area (TPSA) is 108 Å². The zero-order valence-corrected chi connectivity index (χ0v) is 10.9. The maximum Gasteiger partial charge on any atom is 0.326 e. The number of benzene rings is 1. The summed E-state index contributed by atoms with van der Waals surface area (Å²) in [7, 11) is 0. The SMILES string of the molecule is O=C(NCCOc1ccccc1)NC(CCO)C(=O)O. The monoisotopic (exact) mass is 282 g/mol. The number of carbonyl (C=O) groups excluding carboxylic acids is 1. The standard InChI is InChI=1S/C13H18N2O5/c16-8-6-11(12(17)18)15-13(19)14-7-9-20-10-4-2-1-3-5-10/h1-5,11,16H,6-9H2,(H,17,18)(H2,14,15,19). The van der Waals surface area contributed by atoms with Crippen LogP contribution in [0, 0.1) is 0 Å². The smallest absolute Gasteiger partial charge is 0.326 e. The first-order valence-electron chi connectivity index (χ1n) is 6.19. The van der Waals surface area contributed by atoms with Crippen LogP contribution in [0.15, 0.2) is 30.3 Å². The third kappa shape index (κ3) is 6.05. The van der Waals surface area contributed by atoms with Crippen LogP contribution in [0.1, 0.15) is 6.42 Å². The van der Waals surface area contributed by atoms with Gasteiger partial charge in [0.15, 0.2) is 0 Å². The van der Waals surface area contributed by atoms with Crippen molar-refractivity contribution in [2.75, 3.05) is 19.8 Å². The Morgan fingerprint density at radius 3 is 2.55 bits per heavy atom. The fraction of sp³-hybridized carbons (Fsp3) is 0.385. The Kier molecular flexibility index (Phi) is 6.91. The number of nitrogens with one attached hydrogen (secondary N) is 2. The van der Waals surface area contributed by atoms with Gasteiger partial charge in [-0.25, -0.2) is 9.59 Å². The molecule has 0 aliphatic heterocycles. The summed E-state index contributed by atoms with van der Waals surface area (Å²) in [6.45, 7) is 0.204. The number of aliphatic hydroxyl groups excluding tert-OH is 1. The number of para-hydroxylation sites is 1. The normalized spacial score (nSPS) is 11.4. The van der Waals surface area contributed by atoms with E-state index in [-0.39, 0.29) is 26.2 Å². The van der Waals surface area contributed by atoms with Crippen molar-refractivity contribution in [3.8, 4) is 5.75 Å². The fourth-order valence-electron chi connectivity index (χ4n) is 1.45. The zero-order valence-electron chi connectivity index (χ0n) is 10.9. The molecule has 1 atom stereocenters. The Hall–Kier alpha value is -2.28. The van der Waals surface area contributed by atoms with Gasteiger partial charge >= 0.3 is 12.0 Å². The van der Waals surface area contributed by atoms with Crippen LogP contribution >= 0.6 is 0 Å². The Labute approximate surface area is 116 Å². The summed E-state index contributed by atoms with van der Waals surface area (Å²) in [5.41, 5.74) is 0. The molecule has 1 rings (SSSR count). The number of aliphatic carboxylic acids is 1. The molecule has 110 valence electrons. The van der Waals surface area contributed by atoms with Crippen LogP contribution in [0.2, 0.25) is 0 Å². The molecular weight excluding hydrogens is 264 g/mol. The second kappa shape index (κ2) is 8.76. The van der Waals surface area contributed by atoms with Gasteiger partial charge in [0.25, 0.3) is 0 Å². The van der Waals surface area contributed by atoms with Crippen LogP contribution in [0.4, 0.5) is 4.79 Å².